The Hall–Kier alpha value is -1.54. The Bertz CT molecular complexity index is 412. The molecule has 0 spiro atoms. The predicted octanol–water partition coefficient (Wildman–Crippen LogP) is 2.15. The molecule has 0 aliphatic rings. The zero-order valence-electron chi connectivity index (χ0n) is 7.53. The van der Waals surface area contributed by atoms with E-state index < -0.39 is 23.1 Å². The molecule has 2 N–H and O–H groups in total. The van der Waals surface area contributed by atoms with Crippen LogP contribution in [0.5, 0.6) is 0 Å². The second-order valence-electron chi connectivity index (χ2n) is 2.69. The van der Waals surface area contributed by atoms with Crippen LogP contribution in [0.3, 0.4) is 0 Å². The van der Waals surface area contributed by atoms with Crippen molar-refractivity contribution in [2.75, 3.05) is 6.54 Å². The molecule has 0 heterocycles. The molecule has 0 unspecified atom stereocenters. The van der Waals surface area contributed by atoms with Gasteiger partial charge in [-0.3, -0.25) is 0 Å². The topological polar surface area (TPSA) is 26.0 Å². The minimum atomic E-state index is -4.54. The van der Waals surface area contributed by atoms with Gasteiger partial charge in [-0.25, -0.2) is 4.39 Å². The summed E-state index contributed by atoms with van der Waals surface area (Å²) in [5, 5.41) is 0. The van der Waals surface area contributed by atoms with E-state index in [2.05, 4.69) is 11.8 Å². The van der Waals surface area contributed by atoms with Crippen LogP contribution in [-0.4, -0.2) is 6.54 Å². The molecule has 0 atom stereocenters. The third kappa shape index (κ3) is 2.96. The summed E-state index contributed by atoms with van der Waals surface area (Å²) < 4.78 is 49.9. The minimum absolute atomic E-state index is 0.0756. The highest BCUT2D eigenvalue weighted by Crippen LogP contribution is 2.31. The molecule has 0 aromatic heterocycles. The van der Waals surface area contributed by atoms with Crippen molar-refractivity contribution in [3.8, 4) is 11.8 Å². The SMILES string of the molecule is NCC#Cc1cc(F)ccc1C(F)(F)F. The van der Waals surface area contributed by atoms with Gasteiger partial charge in [-0.05, 0) is 18.2 Å². The van der Waals surface area contributed by atoms with Gasteiger partial charge < -0.3 is 5.73 Å². The first-order valence-corrected chi connectivity index (χ1v) is 4.01. The van der Waals surface area contributed by atoms with Crippen molar-refractivity contribution < 1.29 is 17.6 Å². The number of halogens is 4. The standard InChI is InChI=1S/C10H7F4N/c11-8-3-4-9(10(12,13)14)7(6-8)2-1-5-15/h3-4,6H,5,15H2. The molecule has 0 saturated carbocycles. The highest BCUT2D eigenvalue weighted by molar-refractivity contribution is 5.43. The van der Waals surface area contributed by atoms with E-state index in [1.165, 1.54) is 0 Å². The molecular formula is C10H7F4N. The maximum absolute atomic E-state index is 12.7. The lowest BCUT2D eigenvalue weighted by Gasteiger charge is -2.08. The zero-order valence-corrected chi connectivity index (χ0v) is 7.53. The van der Waals surface area contributed by atoms with Crippen LogP contribution in [0.15, 0.2) is 18.2 Å². The molecule has 0 bridgehead atoms. The Morgan fingerprint density at radius 1 is 1.27 bits per heavy atom. The molecule has 0 radical (unpaired) electrons. The first-order valence-electron chi connectivity index (χ1n) is 4.01. The Labute approximate surface area is 83.9 Å². The normalized spacial score (nSPS) is 10.7. The molecule has 15 heavy (non-hydrogen) atoms. The fourth-order valence-electron chi connectivity index (χ4n) is 1.01. The Morgan fingerprint density at radius 3 is 2.47 bits per heavy atom. The van der Waals surface area contributed by atoms with Gasteiger partial charge in [0.15, 0.2) is 0 Å². The van der Waals surface area contributed by atoms with Gasteiger partial charge in [0.1, 0.15) is 5.82 Å². The second kappa shape index (κ2) is 4.32. The van der Waals surface area contributed by atoms with Gasteiger partial charge >= 0.3 is 6.18 Å². The zero-order chi connectivity index (χ0) is 11.5. The average Bonchev–Trinajstić information content (AvgIpc) is 2.12. The Balaban J connectivity index is 3.27. The Kier molecular flexibility index (Phi) is 3.32. The van der Waals surface area contributed by atoms with Crippen LogP contribution in [0, 0.1) is 17.7 Å². The molecule has 5 heteroatoms. The minimum Gasteiger partial charge on any atom is -0.320 e. The third-order valence-electron chi connectivity index (χ3n) is 1.61. The molecule has 1 aromatic carbocycles. The maximum Gasteiger partial charge on any atom is 0.417 e. The first-order chi connectivity index (χ1) is 6.95. The van der Waals surface area contributed by atoms with Gasteiger partial charge in [-0.2, -0.15) is 13.2 Å². The van der Waals surface area contributed by atoms with E-state index in [1.54, 1.807) is 0 Å². The lowest BCUT2D eigenvalue weighted by molar-refractivity contribution is -0.137. The van der Waals surface area contributed by atoms with Crippen LogP contribution < -0.4 is 5.73 Å². The van der Waals surface area contributed by atoms with Gasteiger partial charge in [0.05, 0.1) is 12.1 Å². The van der Waals surface area contributed by atoms with Crippen LogP contribution in [0.2, 0.25) is 0 Å². The molecule has 0 amide bonds. The summed E-state index contributed by atoms with van der Waals surface area (Å²) in [5.41, 5.74) is 3.68. The van der Waals surface area contributed by atoms with E-state index in [-0.39, 0.29) is 6.54 Å². The fraction of sp³-hybridized carbons (Fsp3) is 0.200. The second-order valence-corrected chi connectivity index (χ2v) is 2.69. The highest BCUT2D eigenvalue weighted by Gasteiger charge is 2.33. The van der Waals surface area contributed by atoms with Crippen LogP contribution in [-0.2, 0) is 6.18 Å². The van der Waals surface area contributed by atoms with Crippen molar-refractivity contribution in [2.45, 2.75) is 6.18 Å². The number of rotatable bonds is 0. The van der Waals surface area contributed by atoms with Crippen molar-refractivity contribution in [1.82, 2.24) is 0 Å². The van der Waals surface area contributed by atoms with E-state index in [9.17, 15) is 17.6 Å². The number of nitrogens with two attached hydrogens (primary N) is 1. The maximum atomic E-state index is 12.7. The smallest absolute Gasteiger partial charge is 0.320 e. The molecule has 80 valence electrons. The van der Waals surface area contributed by atoms with E-state index in [1.807, 2.05) is 0 Å². The lowest BCUT2D eigenvalue weighted by Crippen LogP contribution is -2.08. The summed E-state index contributed by atoms with van der Waals surface area (Å²) in [6.45, 7) is -0.0756. The summed E-state index contributed by atoms with van der Waals surface area (Å²) in [6.07, 6.45) is -4.54. The van der Waals surface area contributed by atoms with Gasteiger partial charge in [0.2, 0.25) is 0 Å². The fourth-order valence-corrected chi connectivity index (χ4v) is 1.01. The van der Waals surface area contributed by atoms with E-state index in [4.69, 9.17) is 5.73 Å². The number of hydrogen-bond donors (Lipinski definition) is 1. The summed E-state index contributed by atoms with van der Waals surface area (Å²) in [5.74, 6) is 3.68. The molecule has 0 fully saturated rings. The quantitative estimate of drug-likeness (QED) is 0.523. The number of alkyl halides is 3. The van der Waals surface area contributed by atoms with Crippen LogP contribution >= 0.6 is 0 Å². The lowest BCUT2D eigenvalue weighted by atomic mass is 10.1. The largest absolute Gasteiger partial charge is 0.417 e. The van der Waals surface area contributed by atoms with Gasteiger partial charge in [-0.1, -0.05) is 11.8 Å². The van der Waals surface area contributed by atoms with Crippen molar-refractivity contribution in [2.24, 2.45) is 5.73 Å². The summed E-state index contributed by atoms with van der Waals surface area (Å²) in [6, 6.07) is 2.15. The molecule has 0 aliphatic heterocycles. The number of benzene rings is 1. The first kappa shape index (κ1) is 11.5. The van der Waals surface area contributed by atoms with E-state index >= 15 is 0 Å². The van der Waals surface area contributed by atoms with Gasteiger partial charge in [0.25, 0.3) is 0 Å². The van der Waals surface area contributed by atoms with E-state index in [0.717, 1.165) is 12.1 Å². The summed E-state index contributed by atoms with van der Waals surface area (Å²) in [4.78, 5) is 0. The molecule has 1 nitrogen and oxygen atoms in total. The van der Waals surface area contributed by atoms with Crippen molar-refractivity contribution in [3.05, 3.63) is 35.1 Å². The molecule has 0 saturated heterocycles. The third-order valence-corrected chi connectivity index (χ3v) is 1.61. The van der Waals surface area contributed by atoms with Crippen LogP contribution in [0.4, 0.5) is 17.6 Å². The molecule has 1 aromatic rings. The monoisotopic (exact) mass is 217 g/mol. The van der Waals surface area contributed by atoms with Gasteiger partial charge in [-0.15, -0.1) is 0 Å². The van der Waals surface area contributed by atoms with Crippen LogP contribution in [0.25, 0.3) is 0 Å². The van der Waals surface area contributed by atoms with Gasteiger partial charge in [0, 0.05) is 5.56 Å². The van der Waals surface area contributed by atoms with Crippen molar-refractivity contribution in [3.63, 3.8) is 0 Å². The Morgan fingerprint density at radius 2 is 1.93 bits per heavy atom. The predicted molar refractivity (Wildman–Crippen MR) is 47.3 cm³/mol. The molecule has 1 rings (SSSR count). The van der Waals surface area contributed by atoms with Crippen molar-refractivity contribution in [1.29, 1.82) is 0 Å². The number of hydrogen-bond acceptors (Lipinski definition) is 1. The van der Waals surface area contributed by atoms with E-state index in [0.29, 0.717) is 6.07 Å². The van der Waals surface area contributed by atoms with Crippen LogP contribution in [0.1, 0.15) is 11.1 Å². The van der Waals surface area contributed by atoms with Crippen molar-refractivity contribution >= 4 is 0 Å². The summed E-state index contributed by atoms with van der Waals surface area (Å²) in [7, 11) is 0. The highest BCUT2D eigenvalue weighted by atomic mass is 19.4. The molecule has 0 aliphatic carbocycles. The molecular weight excluding hydrogens is 210 g/mol. The average molecular weight is 217 g/mol. The summed E-state index contributed by atoms with van der Waals surface area (Å²) >= 11 is 0.